The van der Waals surface area contributed by atoms with Gasteiger partial charge in [-0.25, -0.2) is 0 Å². The lowest BCUT2D eigenvalue weighted by Gasteiger charge is -2.13. The summed E-state index contributed by atoms with van der Waals surface area (Å²) in [5.74, 6) is -1.48. The van der Waals surface area contributed by atoms with Crippen molar-refractivity contribution >= 4 is 23.7 Å². The van der Waals surface area contributed by atoms with Gasteiger partial charge in [0.05, 0.1) is 28.5 Å². The SMILES string of the molecule is O=C1[C@@H]2[C@H](C(=O)N1N=Cc1cc(O)ccc1[N+](=O)[O-])[C@H]1C=C[C@H]2C1. The summed E-state index contributed by atoms with van der Waals surface area (Å²) >= 11 is 0. The van der Waals surface area contributed by atoms with Crippen LogP contribution >= 0.6 is 0 Å². The maximum atomic E-state index is 12.5. The molecule has 0 aromatic heterocycles. The maximum Gasteiger partial charge on any atom is 0.278 e. The third-order valence-corrected chi connectivity index (χ3v) is 4.97. The fourth-order valence-electron chi connectivity index (χ4n) is 3.93. The Morgan fingerprint density at radius 2 is 1.83 bits per heavy atom. The van der Waals surface area contributed by atoms with E-state index in [1.807, 2.05) is 12.2 Å². The highest BCUT2D eigenvalue weighted by Crippen LogP contribution is 2.52. The molecule has 1 aromatic carbocycles. The molecule has 4 atom stereocenters. The average molecular weight is 327 g/mol. The average Bonchev–Trinajstić information content (AvgIpc) is 3.20. The first-order valence-corrected chi connectivity index (χ1v) is 7.55. The predicted molar refractivity (Wildman–Crippen MR) is 81.9 cm³/mol. The highest BCUT2D eigenvalue weighted by atomic mass is 16.6. The van der Waals surface area contributed by atoms with Crippen molar-refractivity contribution in [2.75, 3.05) is 0 Å². The summed E-state index contributed by atoms with van der Waals surface area (Å²) in [6, 6.07) is 3.50. The number of nitrogens with zero attached hydrogens (tertiary/aromatic N) is 3. The Morgan fingerprint density at radius 3 is 2.42 bits per heavy atom. The second-order valence-corrected chi connectivity index (χ2v) is 6.23. The van der Waals surface area contributed by atoms with Crippen LogP contribution in [0.2, 0.25) is 0 Å². The van der Waals surface area contributed by atoms with Gasteiger partial charge in [0, 0.05) is 6.07 Å². The Bertz CT molecular complexity index is 801. The summed E-state index contributed by atoms with van der Waals surface area (Å²) in [5, 5.41) is 25.2. The number of phenolic OH excluding ortho intramolecular Hbond substituents is 1. The van der Waals surface area contributed by atoms with Gasteiger partial charge in [0.25, 0.3) is 17.5 Å². The standard InChI is InChI=1S/C16H13N3O5/c20-11-3-4-12(19(23)24)10(6-11)7-17-18-15(21)13-8-1-2-9(5-8)14(13)16(18)22/h1-4,6-9,13-14,20H,5H2/t8-,9-,13-,14+/m0/s1. The van der Waals surface area contributed by atoms with Crippen molar-refractivity contribution in [1.82, 2.24) is 5.01 Å². The van der Waals surface area contributed by atoms with Crippen molar-refractivity contribution < 1.29 is 19.6 Å². The molecule has 2 aliphatic carbocycles. The Hall–Kier alpha value is -3.03. The molecule has 1 heterocycles. The molecule has 2 amide bonds. The summed E-state index contributed by atoms with van der Waals surface area (Å²) in [5.41, 5.74) is -0.240. The Kier molecular flexibility index (Phi) is 3.02. The molecule has 4 rings (SSSR count). The van der Waals surface area contributed by atoms with Crippen molar-refractivity contribution in [3.05, 3.63) is 46.0 Å². The van der Waals surface area contributed by atoms with E-state index in [1.54, 1.807) is 0 Å². The molecule has 0 unspecified atom stereocenters. The quantitative estimate of drug-likeness (QED) is 0.297. The van der Waals surface area contributed by atoms with Crippen LogP contribution in [0.25, 0.3) is 0 Å². The molecule has 8 nitrogen and oxygen atoms in total. The van der Waals surface area contributed by atoms with Gasteiger partial charge in [-0.2, -0.15) is 10.1 Å². The molecular weight excluding hydrogens is 314 g/mol. The number of hydrazone groups is 1. The van der Waals surface area contributed by atoms with Gasteiger partial charge in [-0.3, -0.25) is 19.7 Å². The van der Waals surface area contributed by atoms with Crippen molar-refractivity contribution in [3.8, 4) is 5.75 Å². The summed E-state index contributed by atoms with van der Waals surface area (Å²) < 4.78 is 0. The third-order valence-electron chi connectivity index (χ3n) is 4.97. The zero-order valence-electron chi connectivity index (χ0n) is 12.4. The molecule has 8 heteroatoms. The van der Waals surface area contributed by atoms with E-state index in [2.05, 4.69) is 5.10 Å². The fraction of sp³-hybridized carbons (Fsp3) is 0.312. The number of nitro groups is 1. The van der Waals surface area contributed by atoms with Crippen LogP contribution < -0.4 is 0 Å². The molecule has 2 bridgehead atoms. The van der Waals surface area contributed by atoms with Gasteiger partial charge < -0.3 is 5.11 Å². The van der Waals surface area contributed by atoms with Gasteiger partial charge in [0.1, 0.15) is 5.75 Å². The smallest absolute Gasteiger partial charge is 0.278 e. The van der Waals surface area contributed by atoms with Crippen LogP contribution in [0.15, 0.2) is 35.5 Å². The van der Waals surface area contributed by atoms with Gasteiger partial charge in [-0.1, -0.05) is 12.2 Å². The molecule has 1 N–H and O–H groups in total. The van der Waals surface area contributed by atoms with Crippen LogP contribution in [0.1, 0.15) is 12.0 Å². The lowest BCUT2D eigenvalue weighted by Crippen LogP contribution is -2.28. The monoisotopic (exact) mass is 327 g/mol. The van der Waals surface area contributed by atoms with Crippen LogP contribution in [-0.2, 0) is 9.59 Å². The molecule has 1 saturated carbocycles. The van der Waals surface area contributed by atoms with Crippen LogP contribution in [0.5, 0.6) is 5.75 Å². The maximum absolute atomic E-state index is 12.5. The van der Waals surface area contributed by atoms with E-state index < -0.39 is 4.92 Å². The Morgan fingerprint density at radius 1 is 1.21 bits per heavy atom. The second kappa shape index (κ2) is 4.98. The lowest BCUT2D eigenvalue weighted by atomic mass is 9.85. The number of nitro benzene ring substituents is 1. The topological polar surface area (TPSA) is 113 Å². The summed E-state index contributed by atoms with van der Waals surface area (Å²) in [6.07, 6.45) is 5.85. The number of fused-ring (bicyclic) bond motifs is 5. The summed E-state index contributed by atoms with van der Waals surface area (Å²) in [6.45, 7) is 0. The van der Waals surface area contributed by atoms with E-state index in [-0.39, 0.29) is 52.5 Å². The number of aromatic hydroxyl groups is 1. The van der Waals surface area contributed by atoms with Crippen LogP contribution in [0.3, 0.4) is 0 Å². The third kappa shape index (κ3) is 1.96. The van der Waals surface area contributed by atoms with E-state index in [0.717, 1.165) is 23.7 Å². The van der Waals surface area contributed by atoms with Crippen molar-refractivity contribution in [3.63, 3.8) is 0 Å². The van der Waals surface area contributed by atoms with Crippen LogP contribution in [0, 0.1) is 33.8 Å². The van der Waals surface area contributed by atoms with E-state index in [0.29, 0.717) is 0 Å². The predicted octanol–water partition coefficient (Wildman–Crippen LogP) is 1.44. The first kappa shape index (κ1) is 14.6. The molecule has 122 valence electrons. The number of carbonyl (C=O) groups is 2. The molecule has 3 aliphatic rings. The van der Waals surface area contributed by atoms with Gasteiger partial charge >= 0.3 is 0 Å². The molecule has 2 fully saturated rings. The van der Waals surface area contributed by atoms with Gasteiger partial charge in [0.15, 0.2) is 0 Å². The minimum atomic E-state index is -0.618. The second-order valence-electron chi connectivity index (χ2n) is 6.23. The first-order valence-electron chi connectivity index (χ1n) is 7.55. The Labute approximate surface area is 136 Å². The molecular formula is C16H13N3O5. The first-order chi connectivity index (χ1) is 11.5. The van der Waals surface area contributed by atoms with Crippen molar-refractivity contribution in [2.45, 2.75) is 6.42 Å². The van der Waals surface area contributed by atoms with Gasteiger partial charge in [-0.15, -0.1) is 0 Å². The number of phenols is 1. The molecule has 1 aliphatic heterocycles. The van der Waals surface area contributed by atoms with Gasteiger partial charge in [-0.05, 0) is 30.4 Å². The largest absolute Gasteiger partial charge is 0.508 e. The van der Waals surface area contributed by atoms with Crippen LogP contribution in [-0.4, -0.2) is 33.1 Å². The highest BCUT2D eigenvalue weighted by Gasteiger charge is 2.59. The molecule has 1 aromatic rings. The van der Waals surface area contributed by atoms with E-state index >= 15 is 0 Å². The fourth-order valence-corrected chi connectivity index (χ4v) is 3.93. The number of amides is 2. The van der Waals surface area contributed by atoms with E-state index in [1.165, 1.54) is 12.1 Å². The summed E-state index contributed by atoms with van der Waals surface area (Å²) in [4.78, 5) is 35.3. The van der Waals surface area contributed by atoms with Gasteiger partial charge in [0.2, 0.25) is 0 Å². The van der Waals surface area contributed by atoms with Crippen molar-refractivity contribution in [1.29, 1.82) is 0 Å². The van der Waals surface area contributed by atoms with E-state index in [4.69, 9.17) is 0 Å². The minimum absolute atomic E-state index is 0.0266. The number of benzene rings is 1. The number of allylic oxidation sites excluding steroid dienone is 2. The zero-order chi connectivity index (χ0) is 17.0. The van der Waals surface area contributed by atoms with E-state index in [9.17, 15) is 24.8 Å². The number of hydrogen-bond donors (Lipinski definition) is 1. The minimum Gasteiger partial charge on any atom is -0.508 e. The van der Waals surface area contributed by atoms with Crippen molar-refractivity contribution in [2.24, 2.45) is 28.8 Å². The highest BCUT2D eigenvalue weighted by molar-refractivity contribution is 6.07. The number of hydrogen-bond acceptors (Lipinski definition) is 6. The lowest BCUT2D eigenvalue weighted by molar-refractivity contribution is -0.385. The Balaban J connectivity index is 1.64. The number of carbonyl (C=O) groups excluding carboxylic acids is 2. The van der Waals surface area contributed by atoms with Crippen LogP contribution in [0.4, 0.5) is 5.69 Å². The molecule has 0 radical (unpaired) electrons. The normalized spacial score (nSPS) is 30.6. The molecule has 1 saturated heterocycles. The molecule has 24 heavy (non-hydrogen) atoms. The zero-order valence-corrected chi connectivity index (χ0v) is 12.4. The molecule has 0 spiro atoms. The summed E-state index contributed by atoms with van der Waals surface area (Å²) in [7, 11) is 0. The number of imide groups is 1. The number of rotatable bonds is 3.